The highest BCUT2D eigenvalue weighted by atomic mass is 16.7. The van der Waals surface area contributed by atoms with Crippen molar-refractivity contribution in [1.82, 2.24) is 0 Å². The third-order valence-corrected chi connectivity index (χ3v) is 7.18. The fourth-order valence-corrected chi connectivity index (χ4v) is 4.49. The predicted molar refractivity (Wildman–Crippen MR) is 184 cm³/mol. The van der Waals surface area contributed by atoms with Crippen molar-refractivity contribution in [2.24, 2.45) is 0 Å². The summed E-state index contributed by atoms with van der Waals surface area (Å²) in [6.45, 7) is 11.5. The van der Waals surface area contributed by atoms with Gasteiger partial charge in [0.1, 0.15) is 23.0 Å². The van der Waals surface area contributed by atoms with Crippen LogP contribution in [0.15, 0.2) is 92.0 Å². The molecule has 10 heteroatoms. The van der Waals surface area contributed by atoms with Gasteiger partial charge in [-0.3, -0.25) is 0 Å². The van der Waals surface area contributed by atoms with Gasteiger partial charge in [0, 0.05) is 18.6 Å². The van der Waals surface area contributed by atoms with E-state index in [4.69, 9.17) is 28.4 Å². The smallest absolute Gasteiger partial charge is 0.343 e. The van der Waals surface area contributed by atoms with Crippen LogP contribution in [-0.4, -0.2) is 43.4 Å². The minimum atomic E-state index is -0.764. The Balaban J connectivity index is 1.45. The fourth-order valence-electron chi connectivity index (χ4n) is 4.49. The second-order valence-corrected chi connectivity index (χ2v) is 11.1. The molecule has 0 aliphatic heterocycles. The molecule has 1 atom stereocenters. The van der Waals surface area contributed by atoms with Crippen LogP contribution >= 0.6 is 0 Å². The Morgan fingerprint density at radius 3 is 1.88 bits per heavy atom. The molecule has 0 bridgehead atoms. The molecule has 0 radical (unpaired) electrons. The van der Waals surface area contributed by atoms with E-state index in [1.165, 1.54) is 0 Å². The van der Waals surface area contributed by atoms with Gasteiger partial charge in [0.25, 0.3) is 0 Å². The van der Waals surface area contributed by atoms with Crippen molar-refractivity contribution < 1.29 is 47.6 Å². The Bertz CT molecular complexity index is 1540. The highest BCUT2D eigenvalue weighted by Gasteiger charge is 2.17. The maximum absolute atomic E-state index is 12.8. The largest absolute Gasteiger partial charge is 0.494 e. The van der Waals surface area contributed by atoms with E-state index in [1.54, 1.807) is 73.7 Å². The number of benzene rings is 3. The summed E-state index contributed by atoms with van der Waals surface area (Å²) in [4.78, 5) is 48.3. The van der Waals surface area contributed by atoms with Gasteiger partial charge in [0.2, 0.25) is 6.29 Å². The summed E-state index contributed by atoms with van der Waals surface area (Å²) in [6.07, 6.45) is 8.33. The summed E-state index contributed by atoms with van der Waals surface area (Å²) < 4.78 is 32.9. The van der Waals surface area contributed by atoms with Crippen molar-refractivity contribution in [2.45, 2.75) is 71.5 Å². The molecule has 260 valence electrons. The third kappa shape index (κ3) is 13.7. The zero-order valence-electron chi connectivity index (χ0n) is 28.2. The topological polar surface area (TPSA) is 124 Å². The number of aryl methyl sites for hydroxylation is 1. The summed E-state index contributed by atoms with van der Waals surface area (Å²) in [5.74, 6) is -0.403. The Kier molecular flexibility index (Phi) is 16.1. The normalized spacial score (nSPS) is 11.1. The molecule has 10 nitrogen and oxygen atoms in total. The minimum Gasteiger partial charge on any atom is -0.494 e. The van der Waals surface area contributed by atoms with Gasteiger partial charge in [-0.25, -0.2) is 19.2 Å². The lowest BCUT2D eigenvalue weighted by molar-refractivity contribution is -0.158. The van der Waals surface area contributed by atoms with E-state index in [9.17, 15) is 19.2 Å². The number of ether oxygens (including phenoxy) is 6. The Hall–Kier alpha value is -5.38. The first kappa shape index (κ1) is 38.1. The van der Waals surface area contributed by atoms with E-state index in [0.717, 1.165) is 57.1 Å². The van der Waals surface area contributed by atoms with Crippen LogP contribution < -0.4 is 18.9 Å². The summed E-state index contributed by atoms with van der Waals surface area (Å²) in [7, 11) is 0. The number of carbonyl (C=O) groups excluding carboxylic acids is 4. The first-order chi connectivity index (χ1) is 23.7. The van der Waals surface area contributed by atoms with E-state index in [-0.39, 0.29) is 0 Å². The third-order valence-electron chi connectivity index (χ3n) is 7.18. The highest BCUT2D eigenvalue weighted by Crippen LogP contribution is 2.26. The number of hydrogen-bond donors (Lipinski definition) is 0. The summed E-state index contributed by atoms with van der Waals surface area (Å²) in [5.41, 5.74) is 1.25. The van der Waals surface area contributed by atoms with Crippen LogP contribution in [0.4, 0.5) is 0 Å². The molecule has 0 fully saturated rings. The molecule has 49 heavy (non-hydrogen) atoms. The average molecular weight is 673 g/mol. The Morgan fingerprint density at radius 1 is 0.673 bits per heavy atom. The monoisotopic (exact) mass is 672 g/mol. The van der Waals surface area contributed by atoms with Crippen LogP contribution in [0.3, 0.4) is 0 Å². The van der Waals surface area contributed by atoms with Crippen molar-refractivity contribution in [3.05, 3.63) is 109 Å². The first-order valence-electron chi connectivity index (χ1n) is 16.4. The van der Waals surface area contributed by atoms with Gasteiger partial charge < -0.3 is 28.4 Å². The van der Waals surface area contributed by atoms with Crippen molar-refractivity contribution in [3.63, 3.8) is 0 Å². The maximum atomic E-state index is 12.8. The van der Waals surface area contributed by atoms with Crippen molar-refractivity contribution in [3.8, 4) is 23.0 Å². The molecule has 0 aromatic heterocycles. The van der Waals surface area contributed by atoms with Crippen LogP contribution in [-0.2, 0) is 19.1 Å². The van der Waals surface area contributed by atoms with Crippen molar-refractivity contribution in [2.75, 3.05) is 13.2 Å². The van der Waals surface area contributed by atoms with Gasteiger partial charge in [0.05, 0.1) is 24.3 Å². The molecule has 0 spiro atoms. The van der Waals surface area contributed by atoms with Gasteiger partial charge in [-0.1, -0.05) is 32.9 Å². The van der Waals surface area contributed by atoms with Gasteiger partial charge in [-0.05, 0) is 111 Å². The molecule has 0 saturated carbocycles. The van der Waals surface area contributed by atoms with Gasteiger partial charge in [-0.15, -0.1) is 0 Å². The molecular weight excluding hydrogens is 628 g/mol. The zero-order valence-corrected chi connectivity index (χ0v) is 28.2. The second kappa shape index (κ2) is 20.8. The molecule has 3 aromatic carbocycles. The SMILES string of the molecule is C=CC(=O)OCCCCCCOc1ccc(C(=O)Oc2ccc(OC(=O)c3ccc(OC(CCCCC)OC(=O)C=C)cc3)c(C)c2)cc1. The predicted octanol–water partition coefficient (Wildman–Crippen LogP) is 8.12. The number of unbranched alkanes of at least 4 members (excludes halogenated alkanes) is 5. The van der Waals surface area contributed by atoms with Crippen LogP contribution in [0.2, 0.25) is 0 Å². The van der Waals surface area contributed by atoms with Gasteiger partial charge in [-0.2, -0.15) is 0 Å². The van der Waals surface area contributed by atoms with E-state index < -0.39 is 30.2 Å². The average Bonchev–Trinajstić information content (AvgIpc) is 3.10. The zero-order chi connectivity index (χ0) is 35.4. The van der Waals surface area contributed by atoms with E-state index in [0.29, 0.717) is 59.3 Å². The lowest BCUT2D eigenvalue weighted by Crippen LogP contribution is -2.23. The fraction of sp³-hybridized carbons (Fsp3) is 0.333. The molecule has 1 unspecified atom stereocenters. The maximum Gasteiger partial charge on any atom is 0.343 e. The quantitative estimate of drug-likeness (QED) is 0.0360. The Labute approximate surface area is 287 Å². The molecule has 0 aliphatic rings. The van der Waals surface area contributed by atoms with E-state index in [2.05, 4.69) is 20.1 Å². The summed E-state index contributed by atoms with van der Waals surface area (Å²) in [5, 5.41) is 0. The summed E-state index contributed by atoms with van der Waals surface area (Å²) in [6, 6.07) is 17.7. The van der Waals surface area contributed by atoms with E-state index in [1.807, 2.05) is 0 Å². The molecular formula is C39H44O10. The summed E-state index contributed by atoms with van der Waals surface area (Å²) >= 11 is 0. The van der Waals surface area contributed by atoms with E-state index >= 15 is 0 Å². The Morgan fingerprint density at radius 2 is 1.27 bits per heavy atom. The molecule has 0 aliphatic carbocycles. The van der Waals surface area contributed by atoms with Crippen molar-refractivity contribution in [1.29, 1.82) is 0 Å². The van der Waals surface area contributed by atoms with Crippen LogP contribution in [0.5, 0.6) is 23.0 Å². The van der Waals surface area contributed by atoms with Crippen LogP contribution in [0.1, 0.15) is 84.6 Å². The lowest BCUT2D eigenvalue weighted by Gasteiger charge is -2.19. The van der Waals surface area contributed by atoms with Crippen LogP contribution in [0, 0.1) is 6.92 Å². The second-order valence-electron chi connectivity index (χ2n) is 11.1. The molecule has 0 amide bonds. The lowest BCUT2D eigenvalue weighted by atomic mass is 10.2. The first-order valence-corrected chi connectivity index (χ1v) is 16.4. The molecule has 3 rings (SSSR count). The molecule has 0 N–H and O–H groups in total. The van der Waals surface area contributed by atoms with Gasteiger partial charge in [0.15, 0.2) is 0 Å². The number of hydrogen-bond acceptors (Lipinski definition) is 10. The number of carbonyl (C=O) groups is 4. The molecule has 3 aromatic rings. The highest BCUT2D eigenvalue weighted by molar-refractivity contribution is 5.92. The molecule has 0 heterocycles. The van der Waals surface area contributed by atoms with Crippen molar-refractivity contribution >= 4 is 23.9 Å². The minimum absolute atomic E-state index is 0.295. The van der Waals surface area contributed by atoms with Gasteiger partial charge >= 0.3 is 23.9 Å². The number of rotatable bonds is 21. The van der Waals surface area contributed by atoms with Crippen LogP contribution in [0.25, 0.3) is 0 Å². The molecule has 0 saturated heterocycles. The standard InChI is InChI=1S/C39H44O10/c1-5-8-11-14-37(49-36(41)7-3)46-32-21-17-30(18-22-32)39(43)48-34-24-23-33(27-28(34)4)47-38(42)29-15-19-31(20-16-29)44-25-12-9-10-13-26-45-35(40)6-2/h6-7,15-24,27,37H,2-3,5,8-14,25-26H2,1,4H3. The number of esters is 4.